The van der Waals surface area contributed by atoms with Crippen LogP contribution >= 0.6 is 0 Å². The summed E-state index contributed by atoms with van der Waals surface area (Å²) in [6.45, 7) is 5.94. The van der Waals surface area contributed by atoms with Gasteiger partial charge in [0, 0.05) is 11.9 Å². The molecule has 0 fully saturated rings. The van der Waals surface area contributed by atoms with Crippen molar-refractivity contribution in [3.8, 4) is 12.3 Å². The predicted molar refractivity (Wildman–Crippen MR) is 84.3 cm³/mol. The molecule has 1 heterocycles. The molecule has 0 atom stereocenters. The number of carbonyl (C=O) groups excluding carboxylic acids is 1. The number of fused-ring (bicyclic) bond motifs is 1. The van der Waals surface area contributed by atoms with Crippen LogP contribution in [0.1, 0.15) is 16.1 Å². The number of amides is 1. The van der Waals surface area contributed by atoms with Crippen LogP contribution in [0.5, 0.6) is 0 Å². The molecule has 0 unspecified atom stereocenters. The number of pyridine rings is 1. The fourth-order valence-corrected chi connectivity index (χ4v) is 2.18. The zero-order valence-corrected chi connectivity index (χ0v) is 11.8. The Morgan fingerprint density at radius 3 is 2.90 bits per heavy atom. The minimum Gasteiger partial charge on any atom is -0.340 e. The first-order chi connectivity index (χ1) is 10.1. The van der Waals surface area contributed by atoms with Crippen LogP contribution in [-0.2, 0) is 6.54 Å². The molecule has 4 nitrogen and oxygen atoms in total. The van der Waals surface area contributed by atoms with E-state index in [9.17, 15) is 9.59 Å². The summed E-state index contributed by atoms with van der Waals surface area (Å²) >= 11 is 0. The summed E-state index contributed by atoms with van der Waals surface area (Å²) in [5.41, 5.74) is 1.07. The van der Waals surface area contributed by atoms with Crippen molar-refractivity contribution >= 4 is 16.7 Å². The van der Waals surface area contributed by atoms with Crippen molar-refractivity contribution < 1.29 is 4.79 Å². The Kier molecular flexibility index (Phi) is 4.24. The van der Waals surface area contributed by atoms with Gasteiger partial charge < -0.3 is 5.32 Å². The summed E-state index contributed by atoms with van der Waals surface area (Å²) < 4.78 is 1.40. The van der Waals surface area contributed by atoms with Crippen molar-refractivity contribution in [2.45, 2.75) is 13.5 Å². The number of nitrogens with one attached hydrogen (secondary N) is 1. The van der Waals surface area contributed by atoms with E-state index in [1.807, 2.05) is 25.1 Å². The molecule has 0 aliphatic carbocycles. The molecule has 1 aromatic heterocycles. The SMILES string of the molecule is C#CCNC(=O)c1cc2ccc(C)cc2c(=O)n1CC=C. The van der Waals surface area contributed by atoms with Gasteiger partial charge in [-0.3, -0.25) is 14.2 Å². The molecule has 1 amide bonds. The van der Waals surface area contributed by atoms with E-state index in [2.05, 4.69) is 17.8 Å². The summed E-state index contributed by atoms with van der Waals surface area (Å²) in [6, 6.07) is 7.26. The lowest BCUT2D eigenvalue weighted by Crippen LogP contribution is -2.32. The van der Waals surface area contributed by atoms with Crippen molar-refractivity contribution in [3.63, 3.8) is 0 Å². The number of aryl methyl sites for hydroxylation is 1. The van der Waals surface area contributed by atoms with Crippen LogP contribution in [0.4, 0.5) is 0 Å². The molecule has 0 spiro atoms. The van der Waals surface area contributed by atoms with E-state index < -0.39 is 0 Å². The molecule has 0 saturated carbocycles. The summed E-state index contributed by atoms with van der Waals surface area (Å²) in [4.78, 5) is 24.7. The number of hydrogen-bond donors (Lipinski definition) is 1. The first kappa shape index (κ1) is 14.6. The summed E-state index contributed by atoms with van der Waals surface area (Å²) in [5, 5.41) is 3.90. The van der Waals surface area contributed by atoms with E-state index >= 15 is 0 Å². The lowest BCUT2D eigenvalue weighted by molar-refractivity contribution is 0.0949. The Morgan fingerprint density at radius 1 is 1.48 bits per heavy atom. The average Bonchev–Trinajstić information content (AvgIpc) is 2.48. The Balaban J connectivity index is 2.69. The highest BCUT2D eigenvalue weighted by molar-refractivity contribution is 5.97. The second kappa shape index (κ2) is 6.10. The molecule has 21 heavy (non-hydrogen) atoms. The standard InChI is InChI=1S/C17H16N2O2/c1-4-8-18-16(20)15-11-13-7-6-12(3)10-14(13)17(21)19(15)9-5-2/h1,5-7,10-11H,2,8-9H2,3H3,(H,18,20). The maximum absolute atomic E-state index is 12.6. The van der Waals surface area contributed by atoms with Gasteiger partial charge in [0.2, 0.25) is 0 Å². The van der Waals surface area contributed by atoms with Crippen molar-refractivity contribution in [2.24, 2.45) is 0 Å². The number of carbonyl (C=O) groups is 1. The molecule has 0 aliphatic heterocycles. The second-order valence-electron chi connectivity index (χ2n) is 4.71. The number of nitrogens with zero attached hydrogens (tertiary/aromatic N) is 1. The van der Waals surface area contributed by atoms with Crippen LogP contribution in [0.2, 0.25) is 0 Å². The largest absolute Gasteiger partial charge is 0.340 e. The number of rotatable bonds is 4. The van der Waals surface area contributed by atoms with Gasteiger partial charge in [-0.05, 0) is 24.4 Å². The molecule has 1 N–H and O–H groups in total. The van der Waals surface area contributed by atoms with E-state index in [0.717, 1.165) is 10.9 Å². The highest BCUT2D eigenvalue weighted by Gasteiger charge is 2.14. The molecule has 0 radical (unpaired) electrons. The van der Waals surface area contributed by atoms with E-state index in [1.54, 1.807) is 12.1 Å². The molecule has 0 bridgehead atoms. The molecular formula is C17H16N2O2. The molecule has 2 aromatic rings. The number of aromatic nitrogens is 1. The average molecular weight is 280 g/mol. The van der Waals surface area contributed by atoms with Crippen molar-refractivity contribution in [2.75, 3.05) is 6.54 Å². The topological polar surface area (TPSA) is 51.1 Å². The molecular weight excluding hydrogens is 264 g/mol. The molecule has 106 valence electrons. The van der Waals surface area contributed by atoms with Crippen molar-refractivity contribution in [1.29, 1.82) is 0 Å². The zero-order chi connectivity index (χ0) is 15.4. The smallest absolute Gasteiger partial charge is 0.268 e. The van der Waals surface area contributed by atoms with Crippen LogP contribution < -0.4 is 10.9 Å². The molecule has 1 aromatic carbocycles. The first-order valence-corrected chi connectivity index (χ1v) is 6.55. The Labute approximate surface area is 123 Å². The van der Waals surface area contributed by atoms with Gasteiger partial charge in [-0.2, -0.15) is 0 Å². The van der Waals surface area contributed by atoms with Crippen LogP contribution in [-0.4, -0.2) is 17.0 Å². The molecule has 4 heteroatoms. The lowest BCUT2D eigenvalue weighted by Gasteiger charge is -2.12. The van der Waals surface area contributed by atoms with Gasteiger partial charge in [0.05, 0.1) is 6.54 Å². The fraction of sp³-hybridized carbons (Fsp3) is 0.176. The van der Waals surface area contributed by atoms with Crippen LogP contribution in [0, 0.1) is 19.3 Å². The third-order valence-electron chi connectivity index (χ3n) is 3.16. The Morgan fingerprint density at radius 2 is 2.24 bits per heavy atom. The van der Waals surface area contributed by atoms with E-state index in [0.29, 0.717) is 5.39 Å². The van der Waals surface area contributed by atoms with Gasteiger partial charge in [-0.1, -0.05) is 29.7 Å². The van der Waals surface area contributed by atoms with Crippen LogP contribution in [0.15, 0.2) is 41.7 Å². The molecule has 0 aliphatic rings. The Bertz CT molecular complexity index is 810. The minimum atomic E-state index is -0.366. The summed E-state index contributed by atoms with van der Waals surface area (Å²) in [6.07, 6.45) is 6.72. The fourth-order valence-electron chi connectivity index (χ4n) is 2.18. The van der Waals surface area contributed by atoms with Gasteiger partial charge in [0.25, 0.3) is 11.5 Å². The number of hydrogen-bond acceptors (Lipinski definition) is 2. The van der Waals surface area contributed by atoms with E-state index in [-0.39, 0.29) is 30.2 Å². The van der Waals surface area contributed by atoms with Gasteiger partial charge in [-0.15, -0.1) is 13.0 Å². The van der Waals surface area contributed by atoms with Gasteiger partial charge >= 0.3 is 0 Å². The second-order valence-corrected chi connectivity index (χ2v) is 4.71. The number of benzene rings is 1. The van der Waals surface area contributed by atoms with Crippen LogP contribution in [0.25, 0.3) is 10.8 Å². The lowest BCUT2D eigenvalue weighted by atomic mass is 10.1. The first-order valence-electron chi connectivity index (χ1n) is 6.55. The highest BCUT2D eigenvalue weighted by atomic mass is 16.2. The van der Waals surface area contributed by atoms with E-state index in [4.69, 9.17) is 6.42 Å². The van der Waals surface area contributed by atoms with Crippen molar-refractivity contribution in [3.05, 3.63) is 58.5 Å². The molecule has 0 saturated heterocycles. The number of terminal acetylenes is 1. The third kappa shape index (κ3) is 2.87. The third-order valence-corrected chi connectivity index (χ3v) is 3.16. The zero-order valence-electron chi connectivity index (χ0n) is 11.8. The minimum absolute atomic E-state index is 0.118. The Hall–Kier alpha value is -2.80. The summed E-state index contributed by atoms with van der Waals surface area (Å²) in [7, 11) is 0. The monoisotopic (exact) mass is 280 g/mol. The predicted octanol–water partition coefficient (Wildman–Crippen LogP) is 1.86. The maximum atomic E-state index is 12.6. The van der Waals surface area contributed by atoms with Crippen LogP contribution in [0.3, 0.4) is 0 Å². The van der Waals surface area contributed by atoms with E-state index in [1.165, 1.54) is 4.57 Å². The maximum Gasteiger partial charge on any atom is 0.268 e. The summed E-state index contributed by atoms with van der Waals surface area (Å²) in [5.74, 6) is 1.97. The van der Waals surface area contributed by atoms with Gasteiger partial charge in [-0.25, -0.2) is 0 Å². The number of allylic oxidation sites excluding steroid dienone is 1. The van der Waals surface area contributed by atoms with Gasteiger partial charge in [0.1, 0.15) is 5.69 Å². The van der Waals surface area contributed by atoms with Gasteiger partial charge in [0.15, 0.2) is 0 Å². The highest BCUT2D eigenvalue weighted by Crippen LogP contribution is 2.14. The van der Waals surface area contributed by atoms with Crippen molar-refractivity contribution in [1.82, 2.24) is 9.88 Å². The normalized spacial score (nSPS) is 10.1. The molecule has 2 rings (SSSR count). The quantitative estimate of drug-likeness (QED) is 0.686.